The number of carbonyl (C=O) groups excluding carboxylic acids is 1. The van der Waals surface area contributed by atoms with Gasteiger partial charge in [0, 0.05) is 11.3 Å². The molecular formula is C16H15NO. The van der Waals surface area contributed by atoms with Crippen molar-refractivity contribution >= 4 is 11.6 Å². The number of fused-ring (bicyclic) bond motifs is 2. The molecule has 0 bridgehead atoms. The van der Waals surface area contributed by atoms with Gasteiger partial charge in [-0.15, -0.1) is 0 Å². The molecule has 1 amide bonds. The van der Waals surface area contributed by atoms with Gasteiger partial charge in [-0.25, -0.2) is 0 Å². The Morgan fingerprint density at radius 2 is 1.78 bits per heavy atom. The maximum Gasteiger partial charge on any atom is 0.255 e. The highest BCUT2D eigenvalue weighted by Crippen LogP contribution is 2.24. The molecule has 0 aliphatic carbocycles. The smallest absolute Gasteiger partial charge is 0.255 e. The summed E-state index contributed by atoms with van der Waals surface area (Å²) >= 11 is 0. The number of aryl methyl sites for hydroxylation is 3. The van der Waals surface area contributed by atoms with E-state index in [-0.39, 0.29) is 5.91 Å². The van der Waals surface area contributed by atoms with Gasteiger partial charge in [-0.3, -0.25) is 4.79 Å². The van der Waals surface area contributed by atoms with Crippen LogP contribution in [0.25, 0.3) is 0 Å². The first-order valence-electron chi connectivity index (χ1n) is 6.23. The third-order valence-corrected chi connectivity index (χ3v) is 3.43. The Morgan fingerprint density at radius 3 is 2.67 bits per heavy atom. The number of anilines is 1. The van der Waals surface area contributed by atoms with Crippen LogP contribution in [0.5, 0.6) is 0 Å². The normalized spacial score (nSPS) is 13.9. The minimum Gasteiger partial charge on any atom is -0.322 e. The van der Waals surface area contributed by atoms with Gasteiger partial charge in [-0.05, 0) is 43.0 Å². The monoisotopic (exact) mass is 237 g/mol. The molecule has 0 unspecified atom stereocenters. The van der Waals surface area contributed by atoms with E-state index in [9.17, 15) is 4.79 Å². The van der Waals surface area contributed by atoms with Crippen molar-refractivity contribution in [1.29, 1.82) is 0 Å². The van der Waals surface area contributed by atoms with Gasteiger partial charge in [0.1, 0.15) is 0 Å². The van der Waals surface area contributed by atoms with Crippen LogP contribution in [0.2, 0.25) is 0 Å². The summed E-state index contributed by atoms with van der Waals surface area (Å²) in [5.74, 6) is -0.00426. The molecule has 18 heavy (non-hydrogen) atoms. The molecule has 2 heteroatoms. The molecular weight excluding hydrogens is 222 g/mol. The van der Waals surface area contributed by atoms with Crippen LogP contribution >= 0.6 is 0 Å². The second kappa shape index (κ2) is 4.30. The van der Waals surface area contributed by atoms with Gasteiger partial charge in [0.15, 0.2) is 0 Å². The van der Waals surface area contributed by atoms with Crippen LogP contribution in [-0.4, -0.2) is 5.91 Å². The van der Waals surface area contributed by atoms with Crippen molar-refractivity contribution < 1.29 is 4.79 Å². The lowest BCUT2D eigenvalue weighted by Gasteiger charge is -2.17. The first kappa shape index (κ1) is 11.0. The van der Waals surface area contributed by atoms with Gasteiger partial charge < -0.3 is 5.32 Å². The number of hydrogen-bond acceptors (Lipinski definition) is 1. The number of benzene rings is 2. The Hall–Kier alpha value is -2.09. The van der Waals surface area contributed by atoms with E-state index in [2.05, 4.69) is 18.3 Å². The molecule has 0 saturated carbocycles. The molecule has 1 aliphatic rings. The van der Waals surface area contributed by atoms with Crippen molar-refractivity contribution in [2.75, 3.05) is 5.32 Å². The van der Waals surface area contributed by atoms with E-state index in [1.165, 1.54) is 11.1 Å². The van der Waals surface area contributed by atoms with Crippen LogP contribution in [0.15, 0.2) is 42.5 Å². The summed E-state index contributed by atoms with van der Waals surface area (Å²) in [6.45, 7) is 2.08. The van der Waals surface area contributed by atoms with Gasteiger partial charge in [0.2, 0.25) is 0 Å². The topological polar surface area (TPSA) is 29.1 Å². The van der Waals surface area contributed by atoms with E-state index in [4.69, 9.17) is 0 Å². The molecule has 1 N–H and O–H groups in total. The summed E-state index contributed by atoms with van der Waals surface area (Å²) in [6.07, 6.45) is 1.88. The summed E-state index contributed by atoms with van der Waals surface area (Å²) in [5.41, 5.74) is 5.32. The van der Waals surface area contributed by atoms with Gasteiger partial charge in [-0.1, -0.05) is 35.9 Å². The Bertz CT molecular complexity index is 616. The van der Waals surface area contributed by atoms with Crippen molar-refractivity contribution in [2.45, 2.75) is 19.8 Å². The second-order valence-electron chi connectivity index (χ2n) is 4.77. The Morgan fingerprint density at radius 1 is 1.00 bits per heavy atom. The molecule has 0 atom stereocenters. The molecule has 2 aromatic rings. The van der Waals surface area contributed by atoms with Crippen LogP contribution in [0.4, 0.5) is 5.69 Å². The minimum atomic E-state index is -0.00426. The van der Waals surface area contributed by atoms with E-state index >= 15 is 0 Å². The van der Waals surface area contributed by atoms with Gasteiger partial charge >= 0.3 is 0 Å². The van der Waals surface area contributed by atoms with E-state index in [0.717, 1.165) is 29.7 Å². The SMILES string of the molecule is Cc1ccc2c(c1)CCc1ccccc1C(=O)N2. The molecule has 0 aromatic heterocycles. The maximum atomic E-state index is 12.2. The second-order valence-corrected chi connectivity index (χ2v) is 4.77. The quantitative estimate of drug-likeness (QED) is 0.748. The zero-order valence-electron chi connectivity index (χ0n) is 10.4. The third-order valence-electron chi connectivity index (χ3n) is 3.43. The van der Waals surface area contributed by atoms with Crippen LogP contribution < -0.4 is 5.32 Å². The molecule has 2 aromatic carbocycles. The minimum absolute atomic E-state index is 0.00426. The molecule has 1 aliphatic heterocycles. The zero-order chi connectivity index (χ0) is 12.5. The van der Waals surface area contributed by atoms with E-state index < -0.39 is 0 Å². The maximum absolute atomic E-state index is 12.2. The fourth-order valence-electron chi connectivity index (χ4n) is 2.47. The average Bonchev–Trinajstić information content (AvgIpc) is 2.37. The van der Waals surface area contributed by atoms with E-state index in [1.807, 2.05) is 36.4 Å². The first-order chi connectivity index (χ1) is 8.74. The molecule has 3 rings (SSSR count). The van der Waals surface area contributed by atoms with Gasteiger partial charge in [0.05, 0.1) is 0 Å². The molecule has 0 fully saturated rings. The highest BCUT2D eigenvalue weighted by Gasteiger charge is 2.16. The zero-order valence-corrected chi connectivity index (χ0v) is 10.4. The van der Waals surface area contributed by atoms with Gasteiger partial charge in [0.25, 0.3) is 5.91 Å². The molecule has 1 heterocycles. The number of hydrogen-bond donors (Lipinski definition) is 1. The molecule has 0 radical (unpaired) electrons. The van der Waals surface area contributed by atoms with Crippen LogP contribution in [0.3, 0.4) is 0 Å². The first-order valence-corrected chi connectivity index (χ1v) is 6.23. The van der Waals surface area contributed by atoms with Crippen molar-refractivity contribution in [2.24, 2.45) is 0 Å². The third kappa shape index (κ3) is 1.90. The number of nitrogens with one attached hydrogen (secondary N) is 1. The predicted molar refractivity (Wildman–Crippen MR) is 73.0 cm³/mol. The van der Waals surface area contributed by atoms with Crippen LogP contribution in [-0.2, 0) is 12.8 Å². The van der Waals surface area contributed by atoms with Crippen molar-refractivity contribution in [1.82, 2.24) is 0 Å². The Kier molecular flexibility index (Phi) is 2.63. The number of amides is 1. The highest BCUT2D eigenvalue weighted by atomic mass is 16.1. The van der Waals surface area contributed by atoms with E-state index in [0.29, 0.717) is 0 Å². The Balaban J connectivity index is 2.06. The van der Waals surface area contributed by atoms with E-state index in [1.54, 1.807) is 0 Å². The highest BCUT2D eigenvalue weighted by molar-refractivity contribution is 6.06. The van der Waals surface area contributed by atoms with Gasteiger partial charge in [-0.2, -0.15) is 0 Å². The number of rotatable bonds is 0. The molecule has 2 nitrogen and oxygen atoms in total. The summed E-state index contributed by atoms with van der Waals surface area (Å²) in [7, 11) is 0. The molecule has 90 valence electrons. The number of carbonyl (C=O) groups is 1. The lowest BCUT2D eigenvalue weighted by molar-refractivity contribution is 0.102. The lowest BCUT2D eigenvalue weighted by Crippen LogP contribution is -2.18. The fourth-order valence-corrected chi connectivity index (χ4v) is 2.47. The van der Waals surface area contributed by atoms with Crippen LogP contribution in [0, 0.1) is 6.92 Å². The lowest BCUT2D eigenvalue weighted by atomic mass is 9.95. The van der Waals surface area contributed by atoms with Crippen molar-refractivity contribution in [3.05, 3.63) is 64.7 Å². The molecule has 0 spiro atoms. The summed E-state index contributed by atoms with van der Waals surface area (Å²) in [5, 5.41) is 3.01. The van der Waals surface area contributed by atoms with Crippen LogP contribution in [0.1, 0.15) is 27.0 Å². The summed E-state index contributed by atoms with van der Waals surface area (Å²) in [4.78, 5) is 12.2. The standard InChI is InChI=1S/C16H15NO/c1-11-6-9-15-13(10-11)8-7-12-4-2-3-5-14(12)16(18)17-15/h2-6,9-10H,7-8H2,1H3,(H,17,18). The predicted octanol–water partition coefficient (Wildman–Crippen LogP) is 3.35. The Labute approximate surface area is 107 Å². The summed E-state index contributed by atoms with van der Waals surface area (Å²) in [6, 6.07) is 14.0. The summed E-state index contributed by atoms with van der Waals surface area (Å²) < 4.78 is 0. The molecule has 0 saturated heterocycles. The average molecular weight is 237 g/mol. The fraction of sp³-hybridized carbons (Fsp3) is 0.188. The van der Waals surface area contributed by atoms with Crippen molar-refractivity contribution in [3.63, 3.8) is 0 Å². The largest absolute Gasteiger partial charge is 0.322 e. The van der Waals surface area contributed by atoms with Crippen molar-refractivity contribution in [3.8, 4) is 0 Å².